The van der Waals surface area contributed by atoms with Crippen LogP contribution in [-0.4, -0.2) is 41.9 Å². The lowest BCUT2D eigenvalue weighted by molar-refractivity contribution is 0.0431. The van der Waals surface area contributed by atoms with Gasteiger partial charge in [0.25, 0.3) is 5.89 Å². The first kappa shape index (κ1) is 22.8. The van der Waals surface area contributed by atoms with E-state index in [1.54, 1.807) is 42.5 Å². The molecule has 0 amide bonds. The molecule has 1 aromatic heterocycles. The molecule has 0 unspecified atom stereocenters. The molecule has 0 radical (unpaired) electrons. The first-order valence-electron chi connectivity index (χ1n) is 10.8. The van der Waals surface area contributed by atoms with E-state index in [1.165, 1.54) is 26.4 Å². The van der Waals surface area contributed by atoms with E-state index in [2.05, 4.69) is 10.1 Å². The number of methoxy groups -OCH3 is 2. The van der Waals surface area contributed by atoms with Gasteiger partial charge < -0.3 is 24.5 Å². The number of rotatable bonds is 6. The Balaban J connectivity index is 1.36. The van der Waals surface area contributed by atoms with Crippen LogP contribution in [-0.2, 0) is 11.3 Å². The number of esters is 1. The molecule has 0 aliphatic heterocycles. The lowest BCUT2D eigenvalue weighted by Crippen LogP contribution is -2.24. The molecule has 10 heteroatoms. The second-order valence-electron chi connectivity index (χ2n) is 7.81. The van der Waals surface area contributed by atoms with Gasteiger partial charge in [0.15, 0.2) is 18.2 Å². The van der Waals surface area contributed by atoms with Gasteiger partial charge in [-0.05, 0) is 24.3 Å². The first-order valence-corrected chi connectivity index (χ1v) is 10.8. The summed E-state index contributed by atoms with van der Waals surface area (Å²) in [4.78, 5) is 42.9. The van der Waals surface area contributed by atoms with Crippen molar-refractivity contribution in [2.24, 2.45) is 0 Å². The molecule has 0 fully saturated rings. The van der Waals surface area contributed by atoms with Gasteiger partial charge in [0.05, 0.1) is 36.6 Å². The van der Waals surface area contributed by atoms with Crippen LogP contribution in [0, 0.1) is 0 Å². The lowest BCUT2D eigenvalue weighted by Gasteiger charge is -2.20. The minimum atomic E-state index is -0.809. The van der Waals surface area contributed by atoms with Gasteiger partial charge in [-0.15, -0.1) is 0 Å². The molecule has 0 atom stereocenters. The van der Waals surface area contributed by atoms with E-state index < -0.39 is 11.8 Å². The van der Waals surface area contributed by atoms with Gasteiger partial charge in [-0.3, -0.25) is 9.59 Å². The van der Waals surface area contributed by atoms with Gasteiger partial charge in [-0.25, -0.2) is 4.79 Å². The summed E-state index contributed by atoms with van der Waals surface area (Å²) in [5, 5.41) is 3.91. The van der Waals surface area contributed by atoms with Crippen molar-refractivity contribution in [1.82, 2.24) is 10.1 Å². The van der Waals surface area contributed by atoms with E-state index >= 15 is 0 Å². The maximum atomic E-state index is 13.0. The third kappa shape index (κ3) is 3.74. The number of aromatic nitrogens is 2. The third-order valence-corrected chi connectivity index (χ3v) is 5.80. The summed E-state index contributed by atoms with van der Waals surface area (Å²) in [6.07, 6.45) is 0. The number of carbonyl (C=O) groups excluding carboxylic acids is 3. The molecule has 5 rings (SSSR count). The smallest absolute Gasteiger partial charge is 0.340 e. The van der Waals surface area contributed by atoms with Crippen molar-refractivity contribution < 1.29 is 33.1 Å². The van der Waals surface area contributed by atoms with Gasteiger partial charge >= 0.3 is 5.97 Å². The predicted molar refractivity (Wildman–Crippen MR) is 126 cm³/mol. The van der Waals surface area contributed by atoms with Crippen LogP contribution in [0.3, 0.4) is 0 Å². The zero-order valence-corrected chi connectivity index (χ0v) is 19.2. The average molecular weight is 485 g/mol. The van der Waals surface area contributed by atoms with Crippen molar-refractivity contribution in [3.8, 4) is 22.9 Å². The molecule has 0 spiro atoms. The average Bonchev–Trinajstić information content (AvgIpc) is 3.38. The van der Waals surface area contributed by atoms with Gasteiger partial charge in [0.2, 0.25) is 5.82 Å². The summed E-state index contributed by atoms with van der Waals surface area (Å²) in [6.45, 7) is -0.337. The van der Waals surface area contributed by atoms with Crippen molar-refractivity contribution in [1.29, 1.82) is 0 Å². The summed E-state index contributed by atoms with van der Waals surface area (Å²) in [6, 6.07) is 14.3. The normalized spacial score (nSPS) is 12.1. The molecule has 0 saturated carbocycles. The molecule has 3 aromatic carbocycles. The van der Waals surface area contributed by atoms with Crippen LogP contribution in [0.2, 0.25) is 0 Å². The Morgan fingerprint density at radius 1 is 0.917 bits per heavy atom. The Labute approximate surface area is 204 Å². The topological polar surface area (TPSA) is 144 Å². The molecule has 0 bridgehead atoms. The highest BCUT2D eigenvalue weighted by atomic mass is 16.6. The van der Waals surface area contributed by atoms with E-state index in [-0.39, 0.29) is 52.0 Å². The van der Waals surface area contributed by atoms with Crippen molar-refractivity contribution in [3.63, 3.8) is 0 Å². The van der Waals surface area contributed by atoms with Gasteiger partial charge in [-0.2, -0.15) is 4.98 Å². The number of carbonyl (C=O) groups is 3. The summed E-state index contributed by atoms with van der Waals surface area (Å²) in [5.41, 5.74) is 7.21. The lowest BCUT2D eigenvalue weighted by atomic mass is 9.82. The maximum absolute atomic E-state index is 13.0. The van der Waals surface area contributed by atoms with E-state index in [0.717, 1.165) is 0 Å². The second kappa shape index (κ2) is 8.99. The molecular weight excluding hydrogens is 466 g/mol. The number of ether oxygens (including phenoxy) is 3. The number of benzene rings is 3. The van der Waals surface area contributed by atoms with Crippen LogP contribution in [0.5, 0.6) is 11.5 Å². The van der Waals surface area contributed by atoms with Crippen molar-refractivity contribution in [2.45, 2.75) is 6.61 Å². The number of nitrogen functional groups attached to an aromatic ring is 1. The number of hydrogen-bond acceptors (Lipinski definition) is 10. The zero-order valence-electron chi connectivity index (χ0n) is 19.2. The SMILES string of the molecule is COc1ccc(-c2noc(COC(=O)c3ccc4c(c3N)C(=O)c3ccccc3C4=O)n2)c(OC)c1. The largest absolute Gasteiger partial charge is 0.497 e. The Kier molecular flexibility index (Phi) is 5.69. The first-order chi connectivity index (χ1) is 17.4. The van der Waals surface area contributed by atoms with Crippen molar-refractivity contribution >= 4 is 23.2 Å². The Hall–Kier alpha value is -4.99. The Morgan fingerprint density at radius 2 is 1.64 bits per heavy atom. The Bertz CT molecular complexity index is 1540. The van der Waals surface area contributed by atoms with E-state index in [0.29, 0.717) is 22.6 Å². The van der Waals surface area contributed by atoms with Crippen molar-refractivity contribution in [2.75, 3.05) is 20.0 Å². The monoisotopic (exact) mass is 485 g/mol. The number of anilines is 1. The number of nitrogens with two attached hydrogens (primary N) is 1. The molecule has 2 N–H and O–H groups in total. The van der Waals surface area contributed by atoms with Crippen LogP contribution in [0.4, 0.5) is 5.69 Å². The number of fused-ring (bicyclic) bond motifs is 2. The molecule has 36 heavy (non-hydrogen) atoms. The summed E-state index contributed by atoms with van der Waals surface area (Å²) in [7, 11) is 3.04. The van der Waals surface area contributed by atoms with E-state index in [9.17, 15) is 14.4 Å². The molecule has 1 aliphatic carbocycles. The van der Waals surface area contributed by atoms with Crippen LogP contribution in [0.15, 0.2) is 59.1 Å². The quantitative estimate of drug-likeness (QED) is 0.280. The maximum Gasteiger partial charge on any atom is 0.340 e. The molecule has 10 nitrogen and oxygen atoms in total. The van der Waals surface area contributed by atoms with Crippen LogP contribution in [0.1, 0.15) is 48.1 Å². The summed E-state index contributed by atoms with van der Waals surface area (Å²) in [5.74, 6) is -0.233. The molecule has 180 valence electrons. The van der Waals surface area contributed by atoms with Gasteiger partial charge in [0, 0.05) is 22.8 Å². The highest BCUT2D eigenvalue weighted by molar-refractivity contribution is 6.30. The fourth-order valence-corrected chi connectivity index (χ4v) is 4.00. The molecule has 1 aliphatic rings. The summed E-state index contributed by atoms with van der Waals surface area (Å²) < 4.78 is 21.0. The number of hydrogen-bond donors (Lipinski definition) is 1. The second-order valence-corrected chi connectivity index (χ2v) is 7.81. The fraction of sp³-hybridized carbons (Fsp3) is 0.115. The summed E-state index contributed by atoms with van der Waals surface area (Å²) >= 11 is 0. The predicted octanol–water partition coefficient (Wildman–Crippen LogP) is 3.47. The van der Waals surface area contributed by atoms with Crippen LogP contribution in [0.25, 0.3) is 11.4 Å². The Morgan fingerprint density at radius 3 is 2.36 bits per heavy atom. The minimum absolute atomic E-state index is 0.0140. The molecule has 0 saturated heterocycles. The third-order valence-electron chi connectivity index (χ3n) is 5.80. The van der Waals surface area contributed by atoms with Gasteiger partial charge in [-0.1, -0.05) is 29.4 Å². The van der Waals surface area contributed by atoms with Crippen LogP contribution >= 0.6 is 0 Å². The number of ketones is 2. The number of nitrogens with zero attached hydrogens (tertiary/aromatic N) is 2. The van der Waals surface area contributed by atoms with Gasteiger partial charge in [0.1, 0.15) is 11.5 Å². The molecular formula is C26H19N3O7. The highest BCUT2D eigenvalue weighted by Gasteiger charge is 2.33. The fourth-order valence-electron chi connectivity index (χ4n) is 4.00. The standard InChI is InChI=1S/C26H19N3O7/c1-33-13-7-8-16(19(11-13)34-2)25-28-20(36-29-25)12-35-26(32)18-10-9-17-21(22(18)27)24(31)15-6-4-3-5-14(15)23(17)30/h3-11H,12,27H2,1-2H3. The molecule has 1 heterocycles. The highest BCUT2D eigenvalue weighted by Crippen LogP contribution is 2.34. The van der Waals surface area contributed by atoms with Crippen LogP contribution < -0.4 is 15.2 Å². The zero-order chi connectivity index (χ0) is 25.4. The molecule has 4 aromatic rings. The van der Waals surface area contributed by atoms with Crippen molar-refractivity contribution in [3.05, 3.63) is 88.3 Å². The van der Waals surface area contributed by atoms with E-state index in [1.807, 2.05) is 0 Å². The van der Waals surface area contributed by atoms with E-state index in [4.69, 9.17) is 24.5 Å². The minimum Gasteiger partial charge on any atom is -0.497 e.